The van der Waals surface area contributed by atoms with Gasteiger partial charge in [-0.05, 0) is 31.0 Å². The second-order valence-electron chi connectivity index (χ2n) is 5.51. The zero-order valence-electron chi connectivity index (χ0n) is 11.8. The van der Waals surface area contributed by atoms with E-state index in [0.717, 1.165) is 30.6 Å². The van der Waals surface area contributed by atoms with Crippen molar-refractivity contribution in [2.24, 2.45) is 0 Å². The average Bonchev–Trinajstić information content (AvgIpc) is 3.03. The summed E-state index contributed by atoms with van der Waals surface area (Å²) in [5.41, 5.74) is 1.23. The van der Waals surface area contributed by atoms with Crippen molar-refractivity contribution in [1.29, 1.82) is 0 Å². The van der Waals surface area contributed by atoms with Gasteiger partial charge in [0, 0.05) is 18.8 Å². The van der Waals surface area contributed by atoms with Crippen LogP contribution in [0.4, 0.5) is 10.5 Å². The Balaban J connectivity index is 1.71. The molecule has 1 aliphatic heterocycles. The lowest BCUT2D eigenvalue weighted by Gasteiger charge is -2.13. The van der Waals surface area contributed by atoms with Gasteiger partial charge in [-0.15, -0.1) is 0 Å². The summed E-state index contributed by atoms with van der Waals surface area (Å²) in [4.78, 5) is 36.6. The first-order chi connectivity index (χ1) is 10.1. The number of nitrogens with one attached hydrogen (secondary N) is 2. The molecule has 6 heteroatoms. The predicted molar refractivity (Wildman–Crippen MR) is 77.3 cm³/mol. The lowest BCUT2D eigenvalue weighted by atomic mass is 10.1. The molecule has 1 aliphatic carbocycles. The van der Waals surface area contributed by atoms with E-state index in [-0.39, 0.29) is 23.9 Å². The highest BCUT2D eigenvalue weighted by atomic mass is 16.2. The minimum Gasteiger partial charge on any atom is -0.335 e. The van der Waals surface area contributed by atoms with Gasteiger partial charge in [-0.25, -0.2) is 4.79 Å². The molecule has 0 radical (unpaired) electrons. The number of hydrogen-bond donors (Lipinski definition) is 2. The minimum atomic E-state index is -0.338. The Hall–Kier alpha value is -2.37. The highest BCUT2D eigenvalue weighted by Gasteiger charge is 2.32. The van der Waals surface area contributed by atoms with Crippen molar-refractivity contribution < 1.29 is 14.4 Å². The van der Waals surface area contributed by atoms with Crippen molar-refractivity contribution in [2.45, 2.75) is 31.7 Å². The van der Waals surface area contributed by atoms with E-state index >= 15 is 0 Å². The van der Waals surface area contributed by atoms with Crippen LogP contribution in [0.3, 0.4) is 0 Å². The van der Waals surface area contributed by atoms with E-state index in [2.05, 4.69) is 10.6 Å². The zero-order valence-corrected chi connectivity index (χ0v) is 11.8. The Kier molecular flexibility index (Phi) is 3.37. The Morgan fingerprint density at radius 2 is 1.81 bits per heavy atom. The fourth-order valence-corrected chi connectivity index (χ4v) is 2.86. The molecular formula is C15H17N3O3. The molecule has 3 rings (SSSR count). The Labute approximate surface area is 122 Å². The SMILES string of the molecule is CN1C(=O)c2ccc(NC(=O)NC3CCCC3)cc2C1=O. The summed E-state index contributed by atoms with van der Waals surface area (Å²) in [5, 5.41) is 5.63. The number of amides is 4. The maximum Gasteiger partial charge on any atom is 0.319 e. The fourth-order valence-electron chi connectivity index (χ4n) is 2.86. The number of fused-ring (bicyclic) bond motifs is 1. The van der Waals surface area contributed by atoms with Gasteiger partial charge in [0.05, 0.1) is 11.1 Å². The first-order valence-corrected chi connectivity index (χ1v) is 7.10. The molecule has 1 fully saturated rings. The van der Waals surface area contributed by atoms with E-state index in [1.54, 1.807) is 18.2 Å². The molecule has 1 saturated carbocycles. The van der Waals surface area contributed by atoms with Gasteiger partial charge in [-0.1, -0.05) is 12.8 Å². The molecular weight excluding hydrogens is 270 g/mol. The monoisotopic (exact) mass is 287 g/mol. The molecule has 21 heavy (non-hydrogen) atoms. The Morgan fingerprint density at radius 1 is 1.14 bits per heavy atom. The second kappa shape index (κ2) is 5.20. The maximum absolute atomic E-state index is 11.9. The van der Waals surface area contributed by atoms with Crippen molar-refractivity contribution in [3.05, 3.63) is 29.3 Å². The van der Waals surface area contributed by atoms with Crippen LogP contribution in [0.1, 0.15) is 46.4 Å². The molecule has 2 aliphatic rings. The van der Waals surface area contributed by atoms with E-state index in [4.69, 9.17) is 0 Å². The molecule has 110 valence electrons. The maximum atomic E-state index is 11.9. The van der Waals surface area contributed by atoms with E-state index in [9.17, 15) is 14.4 Å². The molecule has 2 N–H and O–H groups in total. The average molecular weight is 287 g/mol. The smallest absolute Gasteiger partial charge is 0.319 e. The molecule has 0 aromatic heterocycles. The van der Waals surface area contributed by atoms with Gasteiger partial charge in [-0.3, -0.25) is 14.5 Å². The largest absolute Gasteiger partial charge is 0.335 e. The van der Waals surface area contributed by atoms with Crippen LogP contribution >= 0.6 is 0 Å². The Bertz CT molecular complexity index is 621. The van der Waals surface area contributed by atoms with Crippen LogP contribution in [-0.4, -0.2) is 35.8 Å². The van der Waals surface area contributed by atoms with Crippen molar-refractivity contribution in [3.8, 4) is 0 Å². The van der Waals surface area contributed by atoms with E-state index in [1.807, 2.05) is 0 Å². The van der Waals surface area contributed by atoms with Crippen LogP contribution in [0.2, 0.25) is 0 Å². The zero-order chi connectivity index (χ0) is 15.0. The van der Waals surface area contributed by atoms with Crippen LogP contribution < -0.4 is 10.6 Å². The summed E-state index contributed by atoms with van der Waals surface area (Å²) in [5.74, 6) is -0.646. The lowest BCUT2D eigenvalue weighted by molar-refractivity contribution is 0.0693. The van der Waals surface area contributed by atoms with Gasteiger partial charge in [0.1, 0.15) is 0 Å². The normalized spacial score (nSPS) is 18.0. The van der Waals surface area contributed by atoms with Crippen molar-refractivity contribution in [3.63, 3.8) is 0 Å². The molecule has 0 bridgehead atoms. The fraction of sp³-hybridized carbons (Fsp3) is 0.400. The summed E-state index contributed by atoms with van der Waals surface area (Å²) in [6.45, 7) is 0. The quantitative estimate of drug-likeness (QED) is 0.816. The van der Waals surface area contributed by atoms with Crippen LogP contribution in [0.15, 0.2) is 18.2 Å². The number of carbonyl (C=O) groups excluding carboxylic acids is 3. The summed E-state index contributed by atoms with van der Waals surface area (Å²) in [7, 11) is 1.45. The molecule has 1 aromatic carbocycles. The molecule has 1 aromatic rings. The Morgan fingerprint density at radius 3 is 2.52 bits per heavy atom. The first kappa shape index (κ1) is 13.6. The van der Waals surface area contributed by atoms with Crippen LogP contribution in [0.5, 0.6) is 0 Å². The van der Waals surface area contributed by atoms with Crippen molar-refractivity contribution in [1.82, 2.24) is 10.2 Å². The number of rotatable bonds is 2. The number of hydrogen-bond acceptors (Lipinski definition) is 3. The van der Waals surface area contributed by atoms with Crippen LogP contribution in [0.25, 0.3) is 0 Å². The van der Waals surface area contributed by atoms with Gasteiger partial charge in [0.2, 0.25) is 0 Å². The third-order valence-electron chi connectivity index (χ3n) is 4.04. The van der Waals surface area contributed by atoms with Crippen molar-refractivity contribution in [2.75, 3.05) is 12.4 Å². The summed E-state index contributed by atoms with van der Waals surface area (Å²) < 4.78 is 0. The highest BCUT2D eigenvalue weighted by Crippen LogP contribution is 2.25. The van der Waals surface area contributed by atoms with Crippen molar-refractivity contribution >= 4 is 23.5 Å². The molecule has 1 heterocycles. The highest BCUT2D eigenvalue weighted by molar-refractivity contribution is 6.21. The number of urea groups is 1. The van der Waals surface area contributed by atoms with E-state index in [0.29, 0.717) is 16.8 Å². The molecule has 4 amide bonds. The summed E-state index contributed by atoms with van der Waals surface area (Å²) in [6.07, 6.45) is 4.31. The van der Waals surface area contributed by atoms with E-state index in [1.165, 1.54) is 7.05 Å². The number of anilines is 1. The third-order valence-corrected chi connectivity index (χ3v) is 4.04. The molecule has 0 saturated heterocycles. The van der Waals surface area contributed by atoms with E-state index < -0.39 is 0 Å². The summed E-state index contributed by atoms with van der Waals surface area (Å²) >= 11 is 0. The number of imide groups is 1. The van der Waals surface area contributed by atoms with Gasteiger partial charge in [-0.2, -0.15) is 0 Å². The van der Waals surface area contributed by atoms with Gasteiger partial charge < -0.3 is 10.6 Å². The number of benzene rings is 1. The van der Waals surface area contributed by atoms with Gasteiger partial charge in [0.15, 0.2) is 0 Å². The van der Waals surface area contributed by atoms with Gasteiger partial charge >= 0.3 is 6.03 Å². The summed E-state index contributed by atoms with van der Waals surface area (Å²) in [6, 6.07) is 4.72. The lowest BCUT2D eigenvalue weighted by Crippen LogP contribution is -2.36. The number of carbonyl (C=O) groups is 3. The molecule has 0 unspecified atom stereocenters. The van der Waals surface area contributed by atoms with Crippen LogP contribution in [0, 0.1) is 0 Å². The number of nitrogens with zero attached hydrogens (tertiary/aromatic N) is 1. The topological polar surface area (TPSA) is 78.5 Å². The van der Waals surface area contributed by atoms with Crippen LogP contribution in [-0.2, 0) is 0 Å². The first-order valence-electron chi connectivity index (χ1n) is 7.10. The molecule has 6 nitrogen and oxygen atoms in total. The second-order valence-corrected chi connectivity index (χ2v) is 5.51. The third kappa shape index (κ3) is 2.49. The molecule has 0 atom stereocenters. The molecule has 0 spiro atoms. The minimum absolute atomic E-state index is 0.230. The predicted octanol–water partition coefficient (Wildman–Crippen LogP) is 1.98. The standard InChI is InChI=1S/C15H17N3O3/c1-18-13(19)11-7-6-10(8-12(11)14(18)20)17-15(21)16-9-4-2-3-5-9/h6-9H,2-5H2,1H3,(H2,16,17,21). The van der Waals surface area contributed by atoms with Gasteiger partial charge in [0.25, 0.3) is 11.8 Å².